The van der Waals surface area contributed by atoms with Crippen LogP contribution in [0.2, 0.25) is 0 Å². The molecule has 1 N–H and O–H groups in total. The predicted octanol–water partition coefficient (Wildman–Crippen LogP) is 17.5. The highest BCUT2D eigenvalue weighted by Gasteiger charge is 2.31. The number of esters is 5. The van der Waals surface area contributed by atoms with Crippen LogP contribution in [0.15, 0.2) is 354 Å². The number of hydrogen-bond donors (Lipinski definition) is 1. The van der Waals surface area contributed by atoms with Crippen molar-refractivity contribution in [3.8, 4) is 0 Å². The number of ether oxygens (including phenoxy) is 6. The van der Waals surface area contributed by atoms with E-state index in [1.807, 2.05) is 0 Å². The highest BCUT2D eigenvalue weighted by molar-refractivity contribution is 7.97. The Morgan fingerprint density at radius 3 is 0.926 bits per heavy atom. The molecule has 9 rings (SSSR count). The lowest BCUT2D eigenvalue weighted by Gasteiger charge is -2.15. The maximum Gasteiger partial charge on any atom is 0.407 e. The first-order chi connectivity index (χ1) is 51.4. The van der Waals surface area contributed by atoms with Crippen LogP contribution in [0, 0.1) is 0 Å². The SMILES string of the molecule is C=C(C)C(=O)OC(CC)CC(=O)OCCS(=O)(=O)[O-].C=C(C)C(=O)OCC(=O)OCC(C)(F)F.C=C(C)C(=O)OCCNC(=O)OCC(C)(F)F.c1ccc([S+](c2ccccc2)c2ccccc2)cc1.c1ccc([S+](c2ccccc2)c2ccccc2)cc1.c1ccc([S+](c2ccccc2)c2ccccc2)cc1. The molecule has 0 heterocycles. The number of hydrogen-bond acceptors (Lipinski definition) is 15. The molecule has 9 aromatic rings. The summed E-state index contributed by atoms with van der Waals surface area (Å²) in [6.45, 7) is 14.0. The number of halogens is 4. The van der Waals surface area contributed by atoms with E-state index in [0.29, 0.717) is 20.3 Å². The molecule has 0 fully saturated rings. The van der Waals surface area contributed by atoms with Crippen LogP contribution in [0.4, 0.5) is 22.4 Å². The Bertz CT molecular complexity index is 3730. The normalized spacial score (nSPS) is 10.9. The molecule has 0 aliphatic heterocycles. The van der Waals surface area contributed by atoms with Gasteiger partial charge in [-0.2, -0.15) is 0 Å². The molecule has 0 aliphatic rings. The van der Waals surface area contributed by atoms with Crippen molar-refractivity contribution < 1.29 is 87.7 Å². The van der Waals surface area contributed by atoms with Gasteiger partial charge in [0.2, 0.25) is 0 Å². The highest BCUT2D eigenvalue weighted by atomic mass is 32.2. The van der Waals surface area contributed by atoms with Gasteiger partial charge in [0.25, 0.3) is 11.8 Å². The van der Waals surface area contributed by atoms with Gasteiger partial charge in [0.15, 0.2) is 63.9 Å². The quantitative estimate of drug-likeness (QED) is 0.00915. The average molecular weight is 1560 g/mol. The Morgan fingerprint density at radius 2 is 0.676 bits per heavy atom. The van der Waals surface area contributed by atoms with Gasteiger partial charge in [0.1, 0.15) is 19.3 Å². The molecule has 0 spiro atoms. The average Bonchev–Trinajstić information content (AvgIpc) is 0.832. The van der Waals surface area contributed by atoms with Gasteiger partial charge in [0, 0.05) is 30.6 Å². The Labute approximate surface area is 639 Å². The second-order valence-corrected chi connectivity index (χ2v) is 30.8. The van der Waals surface area contributed by atoms with Crippen LogP contribution < -0.4 is 5.32 Å². The molecule has 1 amide bonds. The number of nitrogens with one attached hydrogen (secondary N) is 1. The summed E-state index contributed by atoms with van der Waals surface area (Å²) in [7, 11) is -4.45. The fourth-order valence-electron chi connectivity index (χ4n) is 8.42. The summed E-state index contributed by atoms with van der Waals surface area (Å²) in [5, 5.41) is 2.15. The molecule has 570 valence electrons. The van der Waals surface area contributed by atoms with Gasteiger partial charge in [-0.3, -0.25) is 4.79 Å². The summed E-state index contributed by atoms with van der Waals surface area (Å²) >= 11 is 0. The first-order valence-corrected chi connectivity index (χ1v) is 38.8. The molecule has 24 heteroatoms. The van der Waals surface area contributed by atoms with Crippen molar-refractivity contribution in [2.75, 3.05) is 45.3 Å². The molecule has 9 aromatic carbocycles. The standard InChI is InChI=1S/3C18H15S.C11H18O7S.C10H15F2NO4.C9H12F2O4/c3*1-4-10-16(11-5-1)19(17-12-6-2-7-13-17)18-14-8-3-9-15-18;1-4-9(18-11(13)8(2)3)7-10(12)17-5-6-19(14,15)16;1-7(2)8(14)16-5-4-13-9(15)17-6-10(3,11)12;1-6(2)8(13)14-4-7(12)15-5-9(3,10)11/h3*1-15H;9H,2,4-7H2,1,3H3,(H,14,15,16);1,4-6H2,2-3H3,(H,13,15);1,4-5H2,2-3H3/q3*+1;;;/p-1. The molecular formula is C84H89F4NO15S4+2. The number of alkyl carbamates (subject to hydrolysis) is 1. The Morgan fingerprint density at radius 1 is 0.407 bits per heavy atom. The van der Waals surface area contributed by atoms with Crippen molar-refractivity contribution >= 4 is 78.7 Å². The van der Waals surface area contributed by atoms with E-state index in [1.165, 1.54) is 64.8 Å². The number of rotatable bonds is 28. The predicted molar refractivity (Wildman–Crippen MR) is 413 cm³/mol. The second kappa shape index (κ2) is 48.7. The van der Waals surface area contributed by atoms with Crippen LogP contribution in [0.5, 0.6) is 0 Å². The van der Waals surface area contributed by atoms with Crippen LogP contribution in [0.3, 0.4) is 0 Å². The number of amides is 1. The van der Waals surface area contributed by atoms with Gasteiger partial charge in [-0.1, -0.05) is 190 Å². The third-order valence-corrected chi connectivity index (χ3v) is 20.8. The lowest BCUT2D eigenvalue weighted by atomic mass is 10.2. The second-order valence-electron chi connectivity index (χ2n) is 23.2. The summed E-state index contributed by atoms with van der Waals surface area (Å²) < 4.78 is 107. The van der Waals surface area contributed by atoms with Crippen LogP contribution in [0.1, 0.15) is 54.4 Å². The summed E-state index contributed by atoms with van der Waals surface area (Å²) in [5.41, 5.74) is 0.561. The van der Waals surface area contributed by atoms with Crippen molar-refractivity contribution in [2.45, 2.75) is 116 Å². The smallest absolute Gasteiger partial charge is 0.407 e. The van der Waals surface area contributed by atoms with Crippen LogP contribution in [-0.4, -0.2) is 112 Å². The van der Waals surface area contributed by atoms with Gasteiger partial charge in [-0.15, -0.1) is 0 Å². The van der Waals surface area contributed by atoms with Crippen LogP contribution >= 0.6 is 0 Å². The van der Waals surface area contributed by atoms with Crippen molar-refractivity contribution in [3.63, 3.8) is 0 Å². The van der Waals surface area contributed by atoms with Crippen LogP contribution in [-0.2, 0) is 95.2 Å². The highest BCUT2D eigenvalue weighted by Crippen LogP contribution is 2.33. The fraction of sp³-hybridized carbons (Fsp3) is 0.214. The lowest BCUT2D eigenvalue weighted by molar-refractivity contribution is -0.163. The lowest BCUT2D eigenvalue weighted by Crippen LogP contribution is -2.32. The summed E-state index contributed by atoms with van der Waals surface area (Å²) in [5.74, 6) is -10.6. The minimum Gasteiger partial charge on any atom is -0.748 e. The van der Waals surface area contributed by atoms with Crippen LogP contribution in [0.25, 0.3) is 0 Å². The third-order valence-electron chi connectivity index (χ3n) is 13.4. The number of carbonyl (C=O) groups excluding carboxylic acids is 6. The topological polar surface area (TPSA) is 227 Å². The largest absolute Gasteiger partial charge is 0.748 e. The molecule has 16 nitrogen and oxygen atoms in total. The molecule has 1 atom stereocenters. The minimum absolute atomic E-state index is 0.0146. The van der Waals surface area contributed by atoms with Gasteiger partial charge in [-0.25, -0.2) is 50.0 Å². The van der Waals surface area contributed by atoms with Gasteiger partial charge < -0.3 is 38.3 Å². The van der Waals surface area contributed by atoms with E-state index >= 15 is 0 Å². The summed E-state index contributed by atoms with van der Waals surface area (Å²) in [4.78, 5) is 78.1. The fourth-order valence-corrected chi connectivity index (χ4v) is 15.0. The first-order valence-electron chi connectivity index (χ1n) is 33.6. The molecule has 0 saturated carbocycles. The summed E-state index contributed by atoms with van der Waals surface area (Å²) in [6.07, 6.45) is -1.46. The molecule has 0 aliphatic carbocycles. The van der Waals surface area contributed by atoms with E-state index in [-0.39, 0.29) is 69.0 Å². The molecule has 1 unspecified atom stereocenters. The molecular weight excluding hydrogens is 1470 g/mol. The number of benzene rings is 9. The van der Waals surface area contributed by atoms with E-state index in [1.54, 1.807) is 6.92 Å². The van der Waals surface area contributed by atoms with Gasteiger partial charge >= 0.3 is 35.9 Å². The zero-order valence-electron chi connectivity index (χ0n) is 60.8. The molecule has 108 heavy (non-hydrogen) atoms. The van der Waals surface area contributed by atoms with Crippen molar-refractivity contribution in [1.82, 2.24) is 5.32 Å². The maximum atomic E-state index is 12.3. The molecule has 0 saturated heterocycles. The van der Waals surface area contributed by atoms with E-state index in [0.717, 1.165) is 0 Å². The van der Waals surface area contributed by atoms with E-state index in [2.05, 4.69) is 322 Å². The Balaban J connectivity index is 0.000000274. The summed E-state index contributed by atoms with van der Waals surface area (Å²) in [6, 6.07) is 96.5. The molecule has 0 bridgehead atoms. The maximum absolute atomic E-state index is 12.3. The van der Waals surface area contributed by atoms with Gasteiger partial charge in [0.05, 0.1) is 61.5 Å². The van der Waals surface area contributed by atoms with Gasteiger partial charge in [-0.05, 0) is 136 Å². The van der Waals surface area contributed by atoms with Crippen molar-refractivity contribution in [2.24, 2.45) is 0 Å². The number of alkyl halides is 4. The van der Waals surface area contributed by atoms with E-state index in [4.69, 9.17) is 4.74 Å². The first kappa shape index (κ1) is 89.9. The Kier molecular flexibility index (Phi) is 40.5. The third kappa shape index (κ3) is 37.7. The molecule has 0 radical (unpaired) electrons. The number of carbonyl (C=O) groups is 6. The minimum atomic E-state index is -4.41. The zero-order chi connectivity index (χ0) is 79.3. The zero-order valence-corrected chi connectivity index (χ0v) is 64.1. The van der Waals surface area contributed by atoms with Crippen molar-refractivity contribution in [1.29, 1.82) is 0 Å². The van der Waals surface area contributed by atoms with Crippen molar-refractivity contribution in [3.05, 3.63) is 309 Å². The van der Waals surface area contributed by atoms with E-state index < -0.39 is 96.2 Å². The monoisotopic (exact) mass is 1560 g/mol. The molecule has 0 aromatic heterocycles. The Hall–Kier alpha value is -10.5. The van der Waals surface area contributed by atoms with E-state index in [9.17, 15) is 59.3 Å².